The third-order valence-electron chi connectivity index (χ3n) is 2.48. The number of nitrogens with one attached hydrogen (secondary N) is 1. The molecule has 0 aliphatic heterocycles. The summed E-state index contributed by atoms with van der Waals surface area (Å²) in [6.45, 7) is 5.42. The lowest BCUT2D eigenvalue weighted by Gasteiger charge is -2.21. The van der Waals surface area contributed by atoms with Crippen molar-refractivity contribution in [2.24, 2.45) is 5.92 Å². The van der Waals surface area contributed by atoms with Gasteiger partial charge in [-0.2, -0.15) is 0 Å². The molecule has 1 aromatic heterocycles. The molecular formula is C13H18N2O3. The largest absolute Gasteiger partial charge is 0.464 e. The van der Waals surface area contributed by atoms with Crippen molar-refractivity contribution in [2.75, 3.05) is 6.61 Å². The summed E-state index contributed by atoms with van der Waals surface area (Å²) in [5.41, 5.74) is 0.353. The summed E-state index contributed by atoms with van der Waals surface area (Å²) >= 11 is 0. The smallest absolute Gasteiger partial charge is 0.302 e. The van der Waals surface area contributed by atoms with Crippen LogP contribution in [0.5, 0.6) is 0 Å². The van der Waals surface area contributed by atoms with Gasteiger partial charge in [0.25, 0.3) is 5.91 Å². The fraction of sp³-hybridized carbons (Fsp3) is 0.462. The normalized spacial score (nSPS) is 12.0. The maximum Gasteiger partial charge on any atom is 0.302 e. The van der Waals surface area contributed by atoms with E-state index >= 15 is 0 Å². The summed E-state index contributed by atoms with van der Waals surface area (Å²) < 4.78 is 4.93. The van der Waals surface area contributed by atoms with Crippen LogP contribution >= 0.6 is 0 Å². The van der Waals surface area contributed by atoms with Gasteiger partial charge >= 0.3 is 5.97 Å². The first kappa shape index (κ1) is 14.2. The van der Waals surface area contributed by atoms with Gasteiger partial charge in [-0.05, 0) is 18.1 Å². The maximum atomic E-state index is 11.9. The molecule has 98 valence electrons. The van der Waals surface area contributed by atoms with Crippen LogP contribution in [-0.2, 0) is 9.53 Å². The van der Waals surface area contributed by atoms with E-state index in [1.54, 1.807) is 24.4 Å². The lowest BCUT2D eigenvalue weighted by molar-refractivity contribution is -0.141. The minimum absolute atomic E-state index is 0.164. The molecule has 1 N–H and O–H groups in total. The molecule has 0 fully saturated rings. The van der Waals surface area contributed by atoms with Crippen molar-refractivity contribution in [1.29, 1.82) is 0 Å². The number of ether oxygens (including phenoxy) is 1. The molecular weight excluding hydrogens is 232 g/mol. The number of hydrogen-bond acceptors (Lipinski definition) is 4. The second kappa shape index (κ2) is 6.74. The third-order valence-corrected chi connectivity index (χ3v) is 2.48. The molecule has 1 rings (SSSR count). The Labute approximate surface area is 107 Å². The second-order valence-corrected chi connectivity index (χ2v) is 4.34. The Kier molecular flexibility index (Phi) is 5.30. The number of pyridine rings is 1. The Bertz CT molecular complexity index is 404. The van der Waals surface area contributed by atoms with Crippen LogP contribution < -0.4 is 5.32 Å². The molecule has 0 spiro atoms. The van der Waals surface area contributed by atoms with Gasteiger partial charge in [0, 0.05) is 13.1 Å². The van der Waals surface area contributed by atoms with Crippen LogP contribution in [0.2, 0.25) is 0 Å². The average Bonchev–Trinajstić information content (AvgIpc) is 2.34. The standard InChI is InChI=1S/C13H18N2O3/c1-9(2)12(8-18-10(3)16)15-13(17)11-6-4-5-7-14-11/h4-7,9,12H,8H2,1-3H3,(H,15,17)/t12-/m1/s1. The third kappa shape index (κ3) is 4.53. The topological polar surface area (TPSA) is 68.3 Å². The van der Waals surface area contributed by atoms with Gasteiger partial charge in [0.1, 0.15) is 12.3 Å². The Balaban J connectivity index is 2.61. The SMILES string of the molecule is CC(=O)OC[C@@H](NC(=O)c1ccccn1)C(C)C. The van der Waals surface area contributed by atoms with Crippen LogP contribution in [0.1, 0.15) is 31.3 Å². The van der Waals surface area contributed by atoms with Crippen LogP contribution in [0.15, 0.2) is 24.4 Å². The van der Waals surface area contributed by atoms with E-state index in [1.807, 2.05) is 13.8 Å². The van der Waals surface area contributed by atoms with E-state index < -0.39 is 0 Å². The molecule has 0 radical (unpaired) electrons. The molecule has 1 heterocycles. The first-order valence-corrected chi connectivity index (χ1v) is 5.86. The molecule has 0 saturated carbocycles. The number of amides is 1. The van der Waals surface area contributed by atoms with Crippen LogP contribution in [0.25, 0.3) is 0 Å². The quantitative estimate of drug-likeness (QED) is 0.802. The van der Waals surface area contributed by atoms with Crippen molar-refractivity contribution in [3.63, 3.8) is 0 Å². The van der Waals surface area contributed by atoms with E-state index in [0.717, 1.165) is 0 Å². The summed E-state index contributed by atoms with van der Waals surface area (Å²) in [5, 5.41) is 2.81. The Hall–Kier alpha value is -1.91. The molecule has 18 heavy (non-hydrogen) atoms. The van der Waals surface area contributed by atoms with E-state index in [1.165, 1.54) is 6.92 Å². The molecule has 1 atom stereocenters. The summed E-state index contributed by atoms with van der Waals surface area (Å²) in [4.78, 5) is 26.6. The zero-order chi connectivity index (χ0) is 13.5. The number of rotatable bonds is 5. The van der Waals surface area contributed by atoms with E-state index in [0.29, 0.717) is 5.69 Å². The first-order valence-electron chi connectivity index (χ1n) is 5.86. The van der Waals surface area contributed by atoms with Crippen molar-refractivity contribution in [3.8, 4) is 0 Å². The fourth-order valence-electron chi connectivity index (χ4n) is 1.35. The van der Waals surface area contributed by atoms with Crippen molar-refractivity contribution in [2.45, 2.75) is 26.8 Å². The van der Waals surface area contributed by atoms with Crippen LogP contribution in [0.3, 0.4) is 0 Å². The van der Waals surface area contributed by atoms with Crippen LogP contribution in [0, 0.1) is 5.92 Å². The molecule has 1 amide bonds. The van der Waals surface area contributed by atoms with Crippen molar-refractivity contribution in [3.05, 3.63) is 30.1 Å². The minimum Gasteiger partial charge on any atom is -0.464 e. The van der Waals surface area contributed by atoms with Gasteiger partial charge in [0.2, 0.25) is 0 Å². The van der Waals surface area contributed by atoms with Crippen LogP contribution in [-0.4, -0.2) is 29.5 Å². The average molecular weight is 250 g/mol. The zero-order valence-electron chi connectivity index (χ0n) is 10.8. The highest BCUT2D eigenvalue weighted by atomic mass is 16.5. The molecule has 5 nitrogen and oxygen atoms in total. The molecule has 0 bridgehead atoms. The van der Waals surface area contributed by atoms with Gasteiger partial charge in [-0.15, -0.1) is 0 Å². The highest BCUT2D eigenvalue weighted by Gasteiger charge is 2.18. The van der Waals surface area contributed by atoms with Gasteiger partial charge in [-0.3, -0.25) is 14.6 Å². The molecule has 1 aromatic rings. The predicted molar refractivity (Wildman–Crippen MR) is 67.0 cm³/mol. The van der Waals surface area contributed by atoms with Crippen molar-refractivity contribution < 1.29 is 14.3 Å². The molecule has 0 aliphatic rings. The molecule has 0 saturated heterocycles. The van der Waals surface area contributed by atoms with E-state index in [9.17, 15) is 9.59 Å². The Morgan fingerprint density at radius 2 is 2.11 bits per heavy atom. The number of nitrogens with zero attached hydrogens (tertiary/aromatic N) is 1. The summed E-state index contributed by atoms with van der Waals surface area (Å²) in [5.74, 6) is -0.453. The number of esters is 1. The highest BCUT2D eigenvalue weighted by Crippen LogP contribution is 2.04. The second-order valence-electron chi connectivity index (χ2n) is 4.34. The van der Waals surface area contributed by atoms with E-state index in [-0.39, 0.29) is 30.4 Å². The monoisotopic (exact) mass is 250 g/mol. The molecule has 0 aromatic carbocycles. The molecule has 5 heteroatoms. The Morgan fingerprint density at radius 3 is 2.61 bits per heavy atom. The number of carbonyl (C=O) groups excluding carboxylic acids is 2. The van der Waals surface area contributed by atoms with Crippen LogP contribution in [0.4, 0.5) is 0 Å². The number of carbonyl (C=O) groups is 2. The summed E-state index contributed by atoms with van der Waals surface area (Å²) in [6.07, 6.45) is 1.56. The maximum absolute atomic E-state index is 11.9. The lowest BCUT2D eigenvalue weighted by Crippen LogP contribution is -2.42. The molecule has 0 aliphatic carbocycles. The summed E-state index contributed by atoms with van der Waals surface area (Å²) in [6, 6.07) is 4.91. The number of hydrogen-bond donors (Lipinski definition) is 1. The predicted octanol–water partition coefficient (Wildman–Crippen LogP) is 1.40. The van der Waals surface area contributed by atoms with E-state index in [4.69, 9.17) is 4.74 Å². The van der Waals surface area contributed by atoms with Crippen molar-refractivity contribution in [1.82, 2.24) is 10.3 Å². The van der Waals surface area contributed by atoms with E-state index in [2.05, 4.69) is 10.3 Å². The first-order chi connectivity index (χ1) is 8.50. The number of aromatic nitrogens is 1. The highest BCUT2D eigenvalue weighted by molar-refractivity contribution is 5.92. The van der Waals surface area contributed by atoms with Gasteiger partial charge in [-0.1, -0.05) is 19.9 Å². The van der Waals surface area contributed by atoms with Gasteiger partial charge in [0.15, 0.2) is 0 Å². The Morgan fingerprint density at radius 1 is 1.39 bits per heavy atom. The van der Waals surface area contributed by atoms with Gasteiger partial charge in [-0.25, -0.2) is 0 Å². The fourth-order valence-corrected chi connectivity index (χ4v) is 1.35. The van der Waals surface area contributed by atoms with Gasteiger partial charge < -0.3 is 10.1 Å². The molecule has 0 unspecified atom stereocenters. The lowest BCUT2D eigenvalue weighted by atomic mass is 10.1. The van der Waals surface area contributed by atoms with Gasteiger partial charge in [0.05, 0.1) is 6.04 Å². The zero-order valence-corrected chi connectivity index (χ0v) is 10.8. The van der Waals surface area contributed by atoms with Crippen molar-refractivity contribution >= 4 is 11.9 Å². The summed E-state index contributed by atoms with van der Waals surface area (Å²) in [7, 11) is 0. The minimum atomic E-state index is -0.354.